The van der Waals surface area contributed by atoms with E-state index in [1.165, 1.54) is 25.7 Å². The molecule has 10 heavy (non-hydrogen) atoms. The molecule has 0 aromatic carbocycles. The average molecular weight is 145 g/mol. The van der Waals surface area contributed by atoms with E-state index < -0.39 is 0 Å². The molecular formula is C8H19NO. The number of nitrogens with one attached hydrogen (secondary N) is 1. The van der Waals surface area contributed by atoms with E-state index in [0.29, 0.717) is 0 Å². The number of ether oxygens (including phenoxy) is 1. The zero-order chi connectivity index (χ0) is 7.66. The molecule has 0 bridgehead atoms. The van der Waals surface area contributed by atoms with Crippen molar-refractivity contribution in [2.24, 2.45) is 0 Å². The molecule has 0 aliphatic heterocycles. The Hall–Kier alpha value is -0.0800. The summed E-state index contributed by atoms with van der Waals surface area (Å²) in [5, 5.41) is 3.13. The quantitative estimate of drug-likeness (QED) is 0.547. The van der Waals surface area contributed by atoms with E-state index >= 15 is 0 Å². The van der Waals surface area contributed by atoms with Crippen LogP contribution in [0.5, 0.6) is 0 Å². The fourth-order valence-corrected chi connectivity index (χ4v) is 0.902. The SMILES string of the molecule is CNCCCCCCOC. The van der Waals surface area contributed by atoms with Crippen molar-refractivity contribution in [1.29, 1.82) is 0 Å². The summed E-state index contributed by atoms with van der Waals surface area (Å²) in [6.07, 6.45) is 5.13. The van der Waals surface area contributed by atoms with Crippen molar-refractivity contribution in [2.75, 3.05) is 27.3 Å². The highest BCUT2D eigenvalue weighted by Gasteiger charge is 1.87. The topological polar surface area (TPSA) is 21.3 Å². The van der Waals surface area contributed by atoms with Crippen LogP contribution in [-0.4, -0.2) is 27.3 Å². The fourth-order valence-electron chi connectivity index (χ4n) is 0.902. The summed E-state index contributed by atoms with van der Waals surface area (Å²) in [5.41, 5.74) is 0. The Morgan fingerprint density at radius 3 is 2.40 bits per heavy atom. The van der Waals surface area contributed by atoms with Gasteiger partial charge in [-0.25, -0.2) is 0 Å². The third kappa shape index (κ3) is 7.92. The minimum absolute atomic E-state index is 0.916. The Morgan fingerprint density at radius 2 is 1.80 bits per heavy atom. The van der Waals surface area contributed by atoms with Crippen LogP contribution in [-0.2, 0) is 4.74 Å². The first-order chi connectivity index (χ1) is 4.91. The number of methoxy groups -OCH3 is 1. The molecule has 2 nitrogen and oxygen atoms in total. The van der Waals surface area contributed by atoms with E-state index in [1.807, 2.05) is 7.05 Å². The molecule has 0 atom stereocenters. The molecule has 0 spiro atoms. The average Bonchev–Trinajstić information content (AvgIpc) is 1.97. The van der Waals surface area contributed by atoms with Gasteiger partial charge in [0.25, 0.3) is 0 Å². The zero-order valence-corrected chi connectivity index (χ0v) is 7.15. The summed E-state index contributed by atoms with van der Waals surface area (Å²) in [7, 11) is 3.75. The molecule has 0 saturated heterocycles. The van der Waals surface area contributed by atoms with E-state index in [-0.39, 0.29) is 0 Å². The first-order valence-corrected chi connectivity index (χ1v) is 4.05. The van der Waals surface area contributed by atoms with E-state index in [0.717, 1.165) is 13.2 Å². The minimum Gasteiger partial charge on any atom is -0.385 e. The zero-order valence-electron chi connectivity index (χ0n) is 7.15. The highest BCUT2D eigenvalue weighted by Crippen LogP contribution is 1.97. The van der Waals surface area contributed by atoms with Crippen molar-refractivity contribution in [3.8, 4) is 0 Å². The van der Waals surface area contributed by atoms with Gasteiger partial charge in [0.05, 0.1) is 0 Å². The second-order valence-electron chi connectivity index (χ2n) is 2.51. The molecule has 62 valence electrons. The summed E-state index contributed by atoms with van der Waals surface area (Å²) in [5.74, 6) is 0. The minimum atomic E-state index is 0.916. The van der Waals surface area contributed by atoms with Crippen LogP contribution in [0, 0.1) is 0 Å². The van der Waals surface area contributed by atoms with Crippen molar-refractivity contribution >= 4 is 0 Å². The first-order valence-electron chi connectivity index (χ1n) is 4.05. The Kier molecular flexibility index (Phi) is 8.85. The maximum absolute atomic E-state index is 4.93. The van der Waals surface area contributed by atoms with E-state index in [4.69, 9.17) is 4.74 Å². The first kappa shape index (κ1) is 9.92. The highest BCUT2D eigenvalue weighted by molar-refractivity contribution is 4.44. The smallest absolute Gasteiger partial charge is 0.0462 e. The number of hydrogen-bond acceptors (Lipinski definition) is 2. The Labute approximate surface area is 64.0 Å². The molecule has 0 aromatic rings. The lowest BCUT2D eigenvalue weighted by molar-refractivity contribution is 0.192. The molecule has 0 unspecified atom stereocenters. The lowest BCUT2D eigenvalue weighted by Gasteiger charge is -1.99. The lowest BCUT2D eigenvalue weighted by Crippen LogP contribution is -2.07. The number of hydrogen-bond donors (Lipinski definition) is 1. The normalized spacial score (nSPS) is 10.2. The Morgan fingerprint density at radius 1 is 1.10 bits per heavy atom. The van der Waals surface area contributed by atoms with Crippen molar-refractivity contribution in [1.82, 2.24) is 5.32 Å². The van der Waals surface area contributed by atoms with Crippen LogP contribution in [0.4, 0.5) is 0 Å². The van der Waals surface area contributed by atoms with Gasteiger partial charge in [-0.2, -0.15) is 0 Å². The molecule has 1 N–H and O–H groups in total. The van der Waals surface area contributed by atoms with Crippen molar-refractivity contribution in [3.05, 3.63) is 0 Å². The molecule has 0 amide bonds. The largest absolute Gasteiger partial charge is 0.385 e. The monoisotopic (exact) mass is 145 g/mol. The van der Waals surface area contributed by atoms with Gasteiger partial charge in [-0.3, -0.25) is 0 Å². The standard InChI is InChI=1S/C8H19NO/c1-9-7-5-3-4-6-8-10-2/h9H,3-8H2,1-2H3. The van der Waals surface area contributed by atoms with Crippen LogP contribution in [0.15, 0.2) is 0 Å². The van der Waals surface area contributed by atoms with Gasteiger partial charge in [-0.1, -0.05) is 12.8 Å². The number of unbranched alkanes of at least 4 members (excludes halogenated alkanes) is 3. The summed E-state index contributed by atoms with van der Waals surface area (Å²) in [6, 6.07) is 0. The molecule has 0 aliphatic carbocycles. The van der Waals surface area contributed by atoms with Crippen LogP contribution < -0.4 is 5.32 Å². The molecular weight excluding hydrogens is 126 g/mol. The van der Waals surface area contributed by atoms with Crippen LogP contribution >= 0.6 is 0 Å². The summed E-state index contributed by atoms with van der Waals surface area (Å²) in [6.45, 7) is 2.06. The third-order valence-corrected chi connectivity index (χ3v) is 1.53. The predicted octanol–water partition coefficient (Wildman–Crippen LogP) is 1.41. The van der Waals surface area contributed by atoms with Crippen molar-refractivity contribution < 1.29 is 4.74 Å². The maximum Gasteiger partial charge on any atom is 0.0462 e. The van der Waals surface area contributed by atoms with Crippen molar-refractivity contribution in [3.63, 3.8) is 0 Å². The van der Waals surface area contributed by atoms with Gasteiger partial charge < -0.3 is 10.1 Å². The van der Waals surface area contributed by atoms with Gasteiger partial charge in [-0.15, -0.1) is 0 Å². The van der Waals surface area contributed by atoms with E-state index in [2.05, 4.69) is 5.32 Å². The fraction of sp³-hybridized carbons (Fsp3) is 1.00. The molecule has 0 fully saturated rings. The lowest BCUT2D eigenvalue weighted by atomic mass is 10.2. The Bertz CT molecular complexity index is 49.2. The number of rotatable bonds is 7. The van der Waals surface area contributed by atoms with Gasteiger partial charge in [0.1, 0.15) is 0 Å². The van der Waals surface area contributed by atoms with Crippen LogP contribution in [0.2, 0.25) is 0 Å². The maximum atomic E-state index is 4.93. The molecule has 0 rings (SSSR count). The summed E-state index contributed by atoms with van der Waals surface area (Å²) in [4.78, 5) is 0. The highest BCUT2D eigenvalue weighted by atomic mass is 16.5. The van der Waals surface area contributed by atoms with Gasteiger partial charge in [-0.05, 0) is 26.4 Å². The van der Waals surface area contributed by atoms with Gasteiger partial charge in [0.2, 0.25) is 0 Å². The van der Waals surface area contributed by atoms with Crippen LogP contribution in [0.1, 0.15) is 25.7 Å². The van der Waals surface area contributed by atoms with Gasteiger partial charge >= 0.3 is 0 Å². The third-order valence-electron chi connectivity index (χ3n) is 1.53. The van der Waals surface area contributed by atoms with Crippen molar-refractivity contribution in [2.45, 2.75) is 25.7 Å². The summed E-state index contributed by atoms with van der Waals surface area (Å²) < 4.78 is 4.93. The molecule has 0 heterocycles. The van der Waals surface area contributed by atoms with Crippen LogP contribution in [0.25, 0.3) is 0 Å². The summed E-state index contributed by atoms with van der Waals surface area (Å²) >= 11 is 0. The molecule has 0 aromatic heterocycles. The van der Waals surface area contributed by atoms with Gasteiger partial charge in [0, 0.05) is 13.7 Å². The molecule has 0 radical (unpaired) electrons. The van der Waals surface area contributed by atoms with Gasteiger partial charge in [0.15, 0.2) is 0 Å². The molecule has 2 heteroatoms. The van der Waals surface area contributed by atoms with Crippen LogP contribution in [0.3, 0.4) is 0 Å². The molecule has 0 saturated carbocycles. The second kappa shape index (κ2) is 8.92. The van der Waals surface area contributed by atoms with E-state index in [1.54, 1.807) is 7.11 Å². The van der Waals surface area contributed by atoms with E-state index in [9.17, 15) is 0 Å². The predicted molar refractivity (Wildman–Crippen MR) is 44.3 cm³/mol. The second-order valence-corrected chi connectivity index (χ2v) is 2.51. The Balaban J connectivity index is 2.65. The molecule has 0 aliphatic rings.